The molecule has 1 aliphatic heterocycles. The van der Waals surface area contributed by atoms with Crippen LogP contribution in [0, 0.1) is 0 Å². The third-order valence-corrected chi connectivity index (χ3v) is 4.74. The predicted molar refractivity (Wildman–Crippen MR) is 94.6 cm³/mol. The van der Waals surface area contributed by atoms with Crippen molar-refractivity contribution in [1.29, 1.82) is 0 Å². The average Bonchev–Trinajstić information content (AvgIpc) is 2.92. The van der Waals surface area contributed by atoms with Gasteiger partial charge in [-0.3, -0.25) is 9.58 Å². The molecule has 0 fully saturated rings. The number of para-hydroxylation sites is 1. The normalized spacial score (nSPS) is 14.9. The molecular weight excluding hydrogens is 298 g/mol. The number of fused-ring (bicyclic) bond motifs is 2. The lowest BCUT2D eigenvalue weighted by Crippen LogP contribution is -2.31. The monoisotopic (exact) mass is 321 g/mol. The Bertz CT molecular complexity index is 867. The molecule has 3 heterocycles. The minimum atomic E-state index is 0.873. The van der Waals surface area contributed by atoms with Crippen LogP contribution in [-0.2, 0) is 33.0 Å². The Morgan fingerprint density at radius 1 is 1.21 bits per heavy atom. The molecule has 124 valence electrons. The van der Waals surface area contributed by atoms with Gasteiger partial charge in [0.15, 0.2) is 0 Å². The minimum Gasteiger partial charge on any atom is -0.293 e. The number of aryl methyl sites for hydroxylation is 2. The third kappa shape index (κ3) is 2.80. The molecule has 0 saturated carbocycles. The highest BCUT2D eigenvalue weighted by Crippen LogP contribution is 2.22. The molecule has 24 heavy (non-hydrogen) atoms. The summed E-state index contributed by atoms with van der Waals surface area (Å²) in [4.78, 5) is 11.7. The molecule has 0 saturated heterocycles. The highest BCUT2D eigenvalue weighted by atomic mass is 15.3. The second-order valence-electron chi connectivity index (χ2n) is 6.56. The van der Waals surface area contributed by atoms with Crippen LogP contribution in [0.3, 0.4) is 0 Å². The predicted octanol–water partition coefficient (Wildman–Crippen LogP) is 2.87. The Hall–Kier alpha value is -2.27. The summed E-state index contributed by atoms with van der Waals surface area (Å²) in [6, 6.07) is 8.44. The van der Waals surface area contributed by atoms with Crippen molar-refractivity contribution in [2.24, 2.45) is 7.05 Å². The van der Waals surface area contributed by atoms with E-state index in [1.807, 2.05) is 17.9 Å². The largest absolute Gasteiger partial charge is 0.293 e. The second kappa shape index (κ2) is 6.32. The zero-order chi connectivity index (χ0) is 16.5. The Morgan fingerprint density at radius 3 is 2.96 bits per heavy atom. The van der Waals surface area contributed by atoms with E-state index in [1.165, 1.54) is 22.2 Å². The summed E-state index contributed by atoms with van der Waals surface area (Å²) >= 11 is 0. The molecule has 5 nitrogen and oxygen atoms in total. The molecule has 5 heteroatoms. The Morgan fingerprint density at radius 2 is 2.08 bits per heavy atom. The molecular formula is C19H23N5. The van der Waals surface area contributed by atoms with Gasteiger partial charge in [0.1, 0.15) is 5.82 Å². The van der Waals surface area contributed by atoms with Crippen molar-refractivity contribution in [2.75, 3.05) is 6.54 Å². The quantitative estimate of drug-likeness (QED) is 0.741. The van der Waals surface area contributed by atoms with Crippen LogP contribution in [0.5, 0.6) is 0 Å². The van der Waals surface area contributed by atoms with Gasteiger partial charge in [0.25, 0.3) is 0 Å². The lowest BCUT2D eigenvalue weighted by molar-refractivity contribution is 0.240. The molecule has 4 rings (SSSR count). The summed E-state index contributed by atoms with van der Waals surface area (Å²) in [7, 11) is 2.01. The van der Waals surface area contributed by atoms with Gasteiger partial charge in [0.05, 0.1) is 11.2 Å². The average molecular weight is 321 g/mol. The topological polar surface area (TPSA) is 46.8 Å². The highest BCUT2D eigenvalue weighted by molar-refractivity contribution is 5.81. The number of rotatable bonds is 4. The molecule has 0 aliphatic carbocycles. The molecule has 1 aliphatic rings. The van der Waals surface area contributed by atoms with Crippen molar-refractivity contribution in [1.82, 2.24) is 24.6 Å². The van der Waals surface area contributed by atoms with Crippen molar-refractivity contribution in [2.45, 2.75) is 39.3 Å². The maximum absolute atomic E-state index is 4.74. The van der Waals surface area contributed by atoms with E-state index in [9.17, 15) is 0 Å². The summed E-state index contributed by atoms with van der Waals surface area (Å²) in [5.74, 6) is 0.987. The van der Waals surface area contributed by atoms with Crippen LogP contribution in [0.4, 0.5) is 0 Å². The van der Waals surface area contributed by atoms with Gasteiger partial charge >= 0.3 is 0 Å². The SMILES string of the molecule is CCCc1ncc2c(n1)CCN(Cc1nn(C)c3ccccc13)C2. The van der Waals surface area contributed by atoms with Gasteiger partial charge in [-0.1, -0.05) is 25.1 Å². The molecule has 0 radical (unpaired) electrons. The van der Waals surface area contributed by atoms with Crippen molar-refractivity contribution in [3.8, 4) is 0 Å². The van der Waals surface area contributed by atoms with Crippen LogP contribution < -0.4 is 0 Å². The van der Waals surface area contributed by atoms with E-state index in [4.69, 9.17) is 10.1 Å². The van der Waals surface area contributed by atoms with Crippen molar-refractivity contribution >= 4 is 10.9 Å². The van der Waals surface area contributed by atoms with Crippen LogP contribution in [-0.4, -0.2) is 31.2 Å². The summed E-state index contributed by atoms with van der Waals surface area (Å²) in [5, 5.41) is 5.97. The van der Waals surface area contributed by atoms with Gasteiger partial charge in [-0.05, 0) is 12.5 Å². The second-order valence-corrected chi connectivity index (χ2v) is 6.56. The zero-order valence-electron chi connectivity index (χ0n) is 14.4. The standard InChI is InChI=1S/C19H23N5/c1-3-6-19-20-11-14-12-24(10-9-16(14)21-19)13-17-15-7-4-5-8-18(15)23(2)22-17/h4-5,7-8,11H,3,6,9-10,12-13H2,1-2H3. The molecule has 0 atom stereocenters. The van der Waals surface area contributed by atoms with E-state index in [0.717, 1.165) is 50.4 Å². The highest BCUT2D eigenvalue weighted by Gasteiger charge is 2.20. The van der Waals surface area contributed by atoms with Crippen LogP contribution in [0.2, 0.25) is 0 Å². The van der Waals surface area contributed by atoms with Gasteiger partial charge in [0.2, 0.25) is 0 Å². The van der Waals surface area contributed by atoms with E-state index in [1.54, 1.807) is 0 Å². The number of benzene rings is 1. The molecule has 0 spiro atoms. The fraction of sp³-hybridized carbons (Fsp3) is 0.421. The lowest BCUT2D eigenvalue weighted by Gasteiger charge is -2.27. The fourth-order valence-corrected chi connectivity index (χ4v) is 3.51. The Kier molecular flexibility index (Phi) is 4.02. The van der Waals surface area contributed by atoms with E-state index >= 15 is 0 Å². The van der Waals surface area contributed by atoms with Crippen molar-refractivity contribution < 1.29 is 0 Å². The lowest BCUT2D eigenvalue weighted by atomic mass is 10.1. The third-order valence-electron chi connectivity index (χ3n) is 4.74. The van der Waals surface area contributed by atoms with E-state index in [0.29, 0.717) is 0 Å². The van der Waals surface area contributed by atoms with Gasteiger partial charge in [-0.15, -0.1) is 0 Å². The Labute approximate surface area is 142 Å². The van der Waals surface area contributed by atoms with E-state index in [-0.39, 0.29) is 0 Å². The van der Waals surface area contributed by atoms with Gasteiger partial charge < -0.3 is 0 Å². The number of aromatic nitrogens is 4. The van der Waals surface area contributed by atoms with E-state index in [2.05, 4.69) is 41.1 Å². The molecule has 1 aromatic carbocycles. The smallest absolute Gasteiger partial charge is 0.128 e. The molecule has 2 aromatic heterocycles. The van der Waals surface area contributed by atoms with Crippen molar-refractivity contribution in [3.63, 3.8) is 0 Å². The molecule has 0 amide bonds. The summed E-state index contributed by atoms with van der Waals surface area (Å²) in [6.07, 6.45) is 5.09. The number of nitrogens with zero attached hydrogens (tertiary/aromatic N) is 5. The van der Waals surface area contributed by atoms with Gasteiger partial charge in [0, 0.05) is 62.4 Å². The maximum Gasteiger partial charge on any atom is 0.128 e. The first-order valence-corrected chi connectivity index (χ1v) is 8.71. The summed E-state index contributed by atoms with van der Waals surface area (Å²) in [6.45, 7) is 4.98. The fourth-order valence-electron chi connectivity index (χ4n) is 3.51. The minimum absolute atomic E-state index is 0.873. The molecule has 0 N–H and O–H groups in total. The van der Waals surface area contributed by atoms with Crippen LogP contribution in [0.15, 0.2) is 30.5 Å². The van der Waals surface area contributed by atoms with Gasteiger partial charge in [-0.25, -0.2) is 9.97 Å². The summed E-state index contributed by atoms with van der Waals surface area (Å²) in [5.41, 5.74) is 4.84. The van der Waals surface area contributed by atoms with Gasteiger partial charge in [-0.2, -0.15) is 5.10 Å². The first-order chi connectivity index (χ1) is 11.7. The zero-order valence-corrected chi connectivity index (χ0v) is 14.4. The van der Waals surface area contributed by atoms with Crippen LogP contribution >= 0.6 is 0 Å². The maximum atomic E-state index is 4.74. The van der Waals surface area contributed by atoms with E-state index < -0.39 is 0 Å². The molecule has 3 aromatic rings. The summed E-state index contributed by atoms with van der Waals surface area (Å²) < 4.78 is 1.97. The van der Waals surface area contributed by atoms with Crippen molar-refractivity contribution in [3.05, 3.63) is 53.2 Å². The number of hydrogen-bond acceptors (Lipinski definition) is 4. The van der Waals surface area contributed by atoms with Crippen LogP contribution in [0.25, 0.3) is 10.9 Å². The number of hydrogen-bond donors (Lipinski definition) is 0. The molecule has 0 unspecified atom stereocenters. The molecule has 0 bridgehead atoms. The first kappa shape index (κ1) is 15.3. The first-order valence-electron chi connectivity index (χ1n) is 8.71. The van der Waals surface area contributed by atoms with Crippen LogP contribution in [0.1, 0.15) is 36.1 Å². The Balaban J connectivity index is 1.54.